The normalized spacial score (nSPS) is 15.0. The van der Waals surface area contributed by atoms with Crippen molar-refractivity contribution in [3.8, 4) is 6.07 Å². The molecule has 5 rings (SSSR count). The number of nitrogens with zero attached hydrogens (tertiary/aromatic N) is 6. The Bertz CT molecular complexity index is 1070. The van der Waals surface area contributed by atoms with E-state index in [4.69, 9.17) is 9.97 Å². The van der Waals surface area contributed by atoms with E-state index in [9.17, 15) is 5.26 Å². The van der Waals surface area contributed by atoms with Gasteiger partial charge in [0.25, 0.3) is 0 Å². The highest BCUT2D eigenvalue weighted by Crippen LogP contribution is 2.18. The minimum atomic E-state index is 0.557. The summed E-state index contributed by atoms with van der Waals surface area (Å²) in [5, 5.41) is 16.2. The van der Waals surface area contributed by atoms with Crippen molar-refractivity contribution in [1.29, 1.82) is 5.26 Å². The molecule has 0 saturated carbocycles. The molecule has 0 aliphatic carbocycles. The number of aryl methyl sites for hydroxylation is 4. The van der Waals surface area contributed by atoms with Gasteiger partial charge in [-0.2, -0.15) is 5.26 Å². The van der Waals surface area contributed by atoms with E-state index in [2.05, 4.69) is 43.2 Å². The summed E-state index contributed by atoms with van der Waals surface area (Å²) in [4.78, 5) is 14.2. The standard InChI is InChI=1S/C24H30N8/c25-15-18-7-8-21(26-11-9-19-16-31-13-3-1-5-22(31)28-19)30-24(18)27-12-10-20-17-32-14-4-2-6-23(32)29-20/h7-8,16-17H,1-6,9-14H2,(H2,26,27,30). The zero-order valence-corrected chi connectivity index (χ0v) is 18.5. The molecule has 8 nitrogen and oxygen atoms in total. The average Bonchev–Trinajstić information content (AvgIpc) is 3.42. The number of aromatic nitrogens is 5. The first-order valence-electron chi connectivity index (χ1n) is 11.8. The molecule has 0 unspecified atom stereocenters. The molecule has 166 valence electrons. The maximum absolute atomic E-state index is 9.46. The molecular weight excluding hydrogens is 400 g/mol. The number of rotatable bonds is 8. The third-order valence-electron chi connectivity index (χ3n) is 6.29. The molecule has 0 atom stereocenters. The van der Waals surface area contributed by atoms with Crippen LogP contribution in [-0.2, 0) is 38.8 Å². The Kier molecular flexibility index (Phi) is 6.06. The van der Waals surface area contributed by atoms with Crippen LogP contribution in [0.2, 0.25) is 0 Å². The summed E-state index contributed by atoms with van der Waals surface area (Å²) < 4.78 is 4.57. The van der Waals surface area contributed by atoms with Gasteiger partial charge in [0.05, 0.1) is 17.0 Å². The van der Waals surface area contributed by atoms with Crippen molar-refractivity contribution in [3.05, 3.63) is 53.1 Å². The van der Waals surface area contributed by atoms with Crippen molar-refractivity contribution in [2.24, 2.45) is 0 Å². The van der Waals surface area contributed by atoms with E-state index in [0.29, 0.717) is 17.9 Å². The summed E-state index contributed by atoms with van der Waals surface area (Å²) in [7, 11) is 0. The Morgan fingerprint density at radius 1 is 0.812 bits per heavy atom. The molecule has 3 aromatic rings. The number of anilines is 2. The fourth-order valence-electron chi connectivity index (χ4n) is 4.59. The van der Waals surface area contributed by atoms with Crippen LogP contribution in [0.5, 0.6) is 0 Å². The molecule has 0 spiro atoms. The quantitative estimate of drug-likeness (QED) is 0.569. The lowest BCUT2D eigenvalue weighted by molar-refractivity contribution is 0.522. The van der Waals surface area contributed by atoms with Crippen molar-refractivity contribution >= 4 is 11.6 Å². The van der Waals surface area contributed by atoms with Crippen LogP contribution in [0, 0.1) is 11.3 Å². The molecule has 0 radical (unpaired) electrons. The smallest absolute Gasteiger partial charge is 0.146 e. The Labute approximate surface area is 188 Å². The Morgan fingerprint density at radius 2 is 1.44 bits per heavy atom. The Balaban J connectivity index is 1.15. The second kappa shape index (κ2) is 9.43. The van der Waals surface area contributed by atoms with Crippen LogP contribution >= 0.6 is 0 Å². The van der Waals surface area contributed by atoms with E-state index in [1.807, 2.05) is 12.1 Å². The fourth-order valence-corrected chi connectivity index (χ4v) is 4.59. The van der Waals surface area contributed by atoms with Crippen molar-refractivity contribution in [2.45, 2.75) is 64.5 Å². The zero-order chi connectivity index (χ0) is 21.8. The van der Waals surface area contributed by atoms with Gasteiger partial charge < -0.3 is 19.8 Å². The molecule has 8 heteroatoms. The van der Waals surface area contributed by atoms with Gasteiger partial charge >= 0.3 is 0 Å². The summed E-state index contributed by atoms with van der Waals surface area (Å²) in [6, 6.07) is 5.92. The molecule has 0 amide bonds. The first-order chi connectivity index (χ1) is 15.8. The molecule has 2 aliphatic heterocycles. The van der Waals surface area contributed by atoms with Crippen molar-refractivity contribution in [2.75, 3.05) is 23.7 Å². The summed E-state index contributed by atoms with van der Waals surface area (Å²) in [6.07, 6.45) is 13.1. The third kappa shape index (κ3) is 4.62. The highest BCUT2D eigenvalue weighted by Gasteiger charge is 2.13. The van der Waals surface area contributed by atoms with E-state index < -0.39 is 0 Å². The molecule has 32 heavy (non-hydrogen) atoms. The van der Waals surface area contributed by atoms with Crippen molar-refractivity contribution in [1.82, 2.24) is 24.1 Å². The topological polar surface area (TPSA) is 96.4 Å². The highest BCUT2D eigenvalue weighted by atomic mass is 15.1. The van der Waals surface area contributed by atoms with E-state index in [1.54, 1.807) is 0 Å². The zero-order valence-electron chi connectivity index (χ0n) is 18.5. The molecule has 3 aromatic heterocycles. The van der Waals surface area contributed by atoms with Crippen LogP contribution in [0.1, 0.15) is 54.3 Å². The van der Waals surface area contributed by atoms with Gasteiger partial charge in [-0.15, -0.1) is 0 Å². The molecule has 0 fully saturated rings. The third-order valence-corrected chi connectivity index (χ3v) is 6.29. The summed E-state index contributed by atoms with van der Waals surface area (Å²) >= 11 is 0. The maximum atomic E-state index is 9.46. The molecule has 0 saturated heterocycles. The van der Waals surface area contributed by atoms with Gasteiger partial charge in [-0.05, 0) is 37.8 Å². The lowest BCUT2D eigenvalue weighted by atomic mass is 10.2. The number of pyridine rings is 1. The molecule has 2 N–H and O–H groups in total. The minimum absolute atomic E-state index is 0.557. The van der Waals surface area contributed by atoms with Gasteiger partial charge in [-0.25, -0.2) is 15.0 Å². The number of hydrogen-bond donors (Lipinski definition) is 2. The molecule has 0 bridgehead atoms. The summed E-state index contributed by atoms with van der Waals surface area (Å²) in [6.45, 7) is 3.62. The van der Waals surface area contributed by atoms with Gasteiger partial charge in [0.1, 0.15) is 29.4 Å². The highest BCUT2D eigenvalue weighted by molar-refractivity contribution is 5.56. The van der Waals surface area contributed by atoms with E-state index in [1.165, 1.54) is 37.3 Å². The monoisotopic (exact) mass is 430 g/mol. The van der Waals surface area contributed by atoms with E-state index >= 15 is 0 Å². The SMILES string of the molecule is N#Cc1ccc(NCCc2cn3c(n2)CCCC3)nc1NCCc1cn2c(n1)CCCC2. The molecule has 0 aromatic carbocycles. The summed E-state index contributed by atoms with van der Waals surface area (Å²) in [5.41, 5.74) is 2.79. The average molecular weight is 431 g/mol. The van der Waals surface area contributed by atoms with Crippen LogP contribution in [0.4, 0.5) is 11.6 Å². The predicted octanol–water partition coefficient (Wildman–Crippen LogP) is 3.33. The van der Waals surface area contributed by atoms with Gasteiger partial charge in [0.2, 0.25) is 0 Å². The lowest BCUT2D eigenvalue weighted by Crippen LogP contribution is -2.11. The largest absolute Gasteiger partial charge is 0.370 e. The Morgan fingerprint density at radius 3 is 2.03 bits per heavy atom. The van der Waals surface area contributed by atoms with Gasteiger partial charge in [-0.3, -0.25) is 0 Å². The number of nitrogens with one attached hydrogen (secondary N) is 2. The predicted molar refractivity (Wildman–Crippen MR) is 124 cm³/mol. The number of hydrogen-bond acceptors (Lipinski definition) is 6. The van der Waals surface area contributed by atoms with Crippen LogP contribution in [-0.4, -0.2) is 37.2 Å². The second-order valence-corrected chi connectivity index (χ2v) is 8.66. The van der Waals surface area contributed by atoms with Crippen molar-refractivity contribution < 1.29 is 0 Å². The molecule has 2 aliphatic rings. The first-order valence-corrected chi connectivity index (χ1v) is 11.8. The van der Waals surface area contributed by atoms with Crippen LogP contribution < -0.4 is 10.6 Å². The van der Waals surface area contributed by atoms with Crippen LogP contribution in [0.25, 0.3) is 0 Å². The maximum Gasteiger partial charge on any atom is 0.146 e. The lowest BCUT2D eigenvalue weighted by Gasteiger charge is -2.11. The molecule has 5 heterocycles. The summed E-state index contributed by atoms with van der Waals surface area (Å²) in [5.74, 6) is 3.81. The van der Waals surface area contributed by atoms with Gasteiger partial charge in [0, 0.05) is 64.3 Å². The fraction of sp³-hybridized carbons (Fsp3) is 0.500. The number of fused-ring (bicyclic) bond motifs is 2. The van der Waals surface area contributed by atoms with E-state index in [0.717, 1.165) is 62.5 Å². The van der Waals surface area contributed by atoms with E-state index in [-0.39, 0.29) is 0 Å². The van der Waals surface area contributed by atoms with Crippen LogP contribution in [0.3, 0.4) is 0 Å². The minimum Gasteiger partial charge on any atom is -0.370 e. The van der Waals surface area contributed by atoms with Gasteiger partial charge in [-0.1, -0.05) is 0 Å². The second-order valence-electron chi connectivity index (χ2n) is 8.66. The Hall–Kier alpha value is -3.34. The molecular formula is C24H30N8. The number of imidazole rings is 2. The number of nitriles is 1. The van der Waals surface area contributed by atoms with Crippen molar-refractivity contribution in [3.63, 3.8) is 0 Å². The van der Waals surface area contributed by atoms with Gasteiger partial charge in [0.15, 0.2) is 0 Å². The first kappa shape index (κ1) is 20.6. The van der Waals surface area contributed by atoms with Crippen LogP contribution in [0.15, 0.2) is 24.5 Å².